The van der Waals surface area contributed by atoms with E-state index in [1.807, 2.05) is 0 Å². The maximum atomic E-state index is 12.1. The molecule has 12 heteroatoms. The molecule has 2 atom stereocenters. The number of aromatic hydroxyl groups is 3. The lowest BCUT2D eigenvalue weighted by atomic mass is 10.2. The minimum Gasteiger partial charge on any atom is -0.504 e. The number of methoxy groups -OCH3 is 1. The van der Waals surface area contributed by atoms with Gasteiger partial charge >= 0.3 is 23.9 Å². The van der Waals surface area contributed by atoms with Crippen LogP contribution in [0.2, 0.25) is 0 Å². The molecule has 5 N–H and O–H groups in total. The van der Waals surface area contributed by atoms with Crippen molar-refractivity contribution in [3.05, 3.63) is 59.7 Å². The summed E-state index contributed by atoms with van der Waals surface area (Å²) in [6.45, 7) is 0. The minimum atomic E-state index is -2.39. The molecule has 0 aliphatic rings. The van der Waals surface area contributed by atoms with E-state index in [2.05, 4.69) is 9.47 Å². The van der Waals surface area contributed by atoms with E-state index in [-0.39, 0.29) is 17.1 Å². The number of carboxylic acids is 2. The van der Waals surface area contributed by atoms with Crippen molar-refractivity contribution >= 4 is 36.0 Å². The molecular formula is C23H20O12. The van der Waals surface area contributed by atoms with Crippen molar-refractivity contribution in [1.82, 2.24) is 0 Å². The first kappa shape index (κ1) is 26.3. The molecule has 0 aromatic heterocycles. The number of phenols is 3. The van der Waals surface area contributed by atoms with Gasteiger partial charge in [0.2, 0.25) is 12.2 Å². The maximum absolute atomic E-state index is 12.1. The molecule has 0 aliphatic heterocycles. The molecule has 2 rings (SSSR count). The van der Waals surface area contributed by atoms with Crippen LogP contribution in [0.1, 0.15) is 11.1 Å². The number of carbonyl (C=O) groups excluding carboxylic acids is 2. The number of esters is 2. The van der Waals surface area contributed by atoms with E-state index in [9.17, 15) is 44.7 Å². The van der Waals surface area contributed by atoms with Gasteiger partial charge in [0, 0.05) is 12.2 Å². The summed E-state index contributed by atoms with van der Waals surface area (Å²) in [6, 6.07) is 7.64. The van der Waals surface area contributed by atoms with Crippen LogP contribution in [0.4, 0.5) is 0 Å². The second-order valence-corrected chi connectivity index (χ2v) is 6.74. The highest BCUT2D eigenvalue weighted by molar-refractivity contribution is 5.93. The first-order valence-corrected chi connectivity index (χ1v) is 9.63. The molecule has 12 nitrogen and oxygen atoms in total. The predicted molar refractivity (Wildman–Crippen MR) is 118 cm³/mol. The van der Waals surface area contributed by atoms with Crippen LogP contribution in [0.15, 0.2) is 48.6 Å². The van der Waals surface area contributed by atoms with Gasteiger partial charge in [0.1, 0.15) is 0 Å². The average molecular weight is 488 g/mol. The molecule has 0 fully saturated rings. The smallest absolute Gasteiger partial charge is 0.349 e. The highest BCUT2D eigenvalue weighted by Gasteiger charge is 2.40. The number of phenolic OH excluding ortho intramolecular Hbond substituents is 3. The van der Waals surface area contributed by atoms with Crippen LogP contribution < -0.4 is 4.74 Å². The van der Waals surface area contributed by atoms with Crippen molar-refractivity contribution in [2.24, 2.45) is 0 Å². The quantitative estimate of drug-likeness (QED) is 0.184. The largest absolute Gasteiger partial charge is 0.504 e. The van der Waals surface area contributed by atoms with E-state index < -0.39 is 47.6 Å². The van der Waals surface area contributed by atoms with E-state index in [0.29, 0.717) is 5.56 Å². The van der Waals surface area contributed by atoms with Crippen molar-refractivity contribution < 1.29 is 58.9 Å². The molecule has 0 amide bonds. The third-order valence-electron chi connectivity index (χ3n) is 4.27. The monoisotopic (exact) mass is 488 g/mol. The van der Waals surface area contributed by atoms with Gasteiger partial charge in [0.15, 0.2) is 23.0 Å². The summed E-state index contributed by atoms with van der Waals surface area (Å²) in [4.78, 5) is 47.2. The van der Waals surface area contributed by atoms with Crippen LogP contribution in [0.25, 0.3) is 12.2 Å². The van der Waals surface area contributed by atoms with Gasteiger partial charge < -0.3 is 39.7 Å². The van der Waals surface area contributed by atoms with Gasteiger partial charge in [-0.15, -0.1) is 0 Å². The van der Waals surface area contributed by atoms with Crippen LogP contribution in [-0.2, 0) is 28.7 Å². The van der Waals surface area contributed by atoms with Crippen LogP contribution in [0.3, 0.4) is 0 Å². The molecule has 0 bridgehead atoms. The SMILES string of the molecule is COc1cc(C=CC(=O)O[C@H](C(=O)O)[C@@H](OC(=O)C=Cc2ccc(O)c(O)c2)C(=O)O)ccc1O. The number of benzene rings is 2. The van der Waals surface area contributed by atoms with E-state index in [1.165, 1.54) is 37.5 Å². The van der Waals surface area contributed by atoms with E-state index in [0.717, 1.165) is 30.4 Å². The fraction of sp³-hybridized carbons (Fsp3) is 0.130. The fourth-order valence-electron chi connectivity index (χ4n) is 2.58. The molecule has 2 aromatic rings. The number of aliphatic carboxylic acids is 2. The lowest BCUT2D eigenvalue weighted by molar-refractivity contribution is -0.183. The summed E-state index contributed by atoms with van der Waals surface area (Å²) in [5.74, 6) is -7.22. The van der Waals surface area contributed by atoms with Gasteiger partial charge in [0.25, 0.3) is 0 Å². The van der Waals surface area contributed by atoms with Crippen LogP contribution in [0.5, 0.6) is 23.0 Å². The van der Waals surface area contributed by atoms with Crippen molar-refractivity contribution in [2.45, 2.75) is 12.2 Å². The zero-order valence-electron chi connectivity index (χ0n) is 18.0. The van der Waals surface area contributed by atoms with E-state index in [4.69, 9.17) is 4.74 Å². The predicted octanol–water partition coefficient (Wildman–Crippen LogP) is 1.53. The van der Waals surface area contributed by atoms with Crippen LogP contribution in [-0.4, -0.2) is 68.7 Å². The Balaban J connectivity index is 2.12. The van der Waals surface area contributed by atoms with Gasteiger partial charge in [-0.05, 0) is 47.5 Å². The number of carboxylic acid groups (broad SMARTS) is 2. The summed E-state index contributed by atoms with van der Waals surface area (Å²) in [5, 5.41) is 47.0. The summed E-state index contributed by atoms with van der Waals surface area (Å²) in [5.41, 5.74) is 0.608. The standard InChI is InChI=1S/C23H20O12/c1-33-17-11-13(3-7-15(17)25)5-9-19(28)35-21(23(31)32)20(22(29)30)34-18(27)8-4-12-2-6-14(24)16(26)10-12/h2-11,20-21,24-26H,1H3,(H,29,30)(H,31,32)/t20-,21+/m1/s1. The summed E-state index contributed by atoms with van der Waals surface area (Å²) in [6.07, 6.45) is -0.907. The zero-order valence-corrected chi connectivity index (χ0v) is 18.0. The number of hydrogen-bond acceptors (Lipinski definition) is 10. The van der Waals surface area contributed by atoms with Crippen molar-refractivity contribution in [3.63, 3.8) is 0 Å². The summed E-state index contributed by atoms with van der Waals surface area (Å²) >= 11 is 0. The Morgan fingerprint density at radius 2 is 1.17 bits per heavy atom. The Kier molecular flexibility index (Phi) is 8.81. The lowest BCUT2D eigenvalue weighted by Crippen LogP contribution is -2.45. The molecule has 0 aliphatic carbocycles. The Hall–Kier alpha value is -5.00. The number of ether oxygens (including phenoxy) is 3. The van der Waals surface area contributed by atoms with Gasteiger partial charge in [-0.3, -0.25) is 0 Å². The normalized spacial score (nSPS) is 12.7. The third-order valence-corrected chi connectivity index (χ3v) is 4.27. The Labute approximate surface area is 197 Å². The molecule has 0 spiro atoms. The van der Waals surface area contributed by atoms with Gasteiger partial charge in [-0.2, -0.15) is 0 Å². The first-order valence-electron chi connectivity index (χ1n) is 9.63. The molecule has 0 heterocycles. The molecule has 35 heavy (non-hydrogen) atoms. The third kappa shape index (κ3) is 7.53. The van der Waals surface area contributed by atoms with Gasteiger partial charge in [-0.25, -0.2) is 19.2 Å². The van der Waals surface area contributed by atoms with E-state index in [1.54, 1.807) is 0 Å². The van der Waals surface area contributed by atoms with Crippen LogP contribution >= 0.6 is 0 Å². The molecule has 0 radical (unpaired) electrons. The number of carbonyl (C=O) groups is 4. The number of rotatable bonds is 10. The molecule has 184 valence electrons. The Bertz CT molecular complexity index is 1180. The molecule has 0 saturated carbocycles. The highest BCUT2D eigenvalue weighted by Crippen LogP contribution is 2.27. The highest BCUT2D eigenvalue weighted by atomic mass is 16.6. The molecule has 0 saturated heterocycles. The maximum Gasteiger partial charge on any atom is 0.349 e. The first-order chi connectivity index (χ1) is 16.5. The minimum absolute atomic E-state index is 0.109. The van der Waals surface area contributed by atoms with Crippen molar-refractivity contribution in [2.75, 3.05) is 7.11 Å². The Morgan fingerprint density at radius 3 is 1.60 bits per heavy atom. The van der Waals surface area contributed by atoms with E-state index >= 15 is 0 Å². The molecular weight excluding hydrogens is 468 g/mol. The van der Waals surface area contributed by atoms with Gasteiger partial charge in [0.05, 0.1) is 7.11 Å². The summed E-state index contributed by atoms with van der Waals surface area (Å²) in [7, 11) is 1.31. The second-order valence-electron chi connectivity index (χ2n) is 6.74. The summed E-state index contributed by atoms with van der Waals surface area (Å²) < 4.78 is 14.3. The van der Waals surface area contributed by atoms with Gasteiger partial charge in [-0.1, -0.05) is 12.1 Å². The number of hydrogen-bond donors (Lipinski definition) is 5. The average Bonchev–Trinajstić information content (AvgIpc) is 2.81. The topological polar surface area (TPSA) is 197 Å². The molecule has 0 unspecified atom stereocenters. The lowest BCUT2D eigenvalue weighted by Gasteiger charge is -2.19. The van der Waals surface area contributed by atoms with Crippen LogP contribution in [0, 0.1) is 0 Å². The fourth-order valence-corrected chi connectivity index (χ4v) is 2.58. The van der Waals surface area contributed by atoms with Crippen molar-refractivity contribution in [3.8, 4) is 23.0 Å². The zero-order chi connectivity index (χ0) is 26.1. The van der Waals surface area contributed by atoms with Crippen molar-refractivity contribution in [1.29, 1.82) is 0 Å². The Morgan fingerprint density at radius 1 is 0.714 bits per heavy atom. The molecule has 2 aromatic carbocycles. The second kappa shape index (κ2) is 11.7.